The predicted octanol–water partition coefficient (Wildman–Crippen LogP) is 2.53. The molecule has 0 saturated carbocycles. The van der Waals surface area contributed by atoms with Gasteiger partial charge in [-0.25, -0.2) is 0 Å². The van der Waals surface area contributed by atoms with Crippen molar-refractivity contribution in [1.29, 1.82) is 5.26 Å². The fourth-order valence-corrected chi connectivity index (χ4v) is 2.15. The van der Waals surface area contributed by atoms with Crippen LogP contribution in [0.25, 0.3) is 11.1 Å². The molecule has 0 aliphatic heterocycles. The topological polar surface area (TPSA) is 56.5 Å². The van der Waals surface area contributed by atoms with Gasteiger partial charge in [-0.1, -0.05) is 24.3 Å². The van der Waals surface area contributed by atoms with Crippen LogP contribution in [0.3, 0.4) is 0 Å². The van der Waals surface area contributed by atoms with E-state index in [0.29, 0.717) is 12.1 Å². The zero-order valence-corrected chi connectivity index (χ0v) is 12.9. The van der Waals surface area contributed by atoms with E-state index in [2.05, 4.69) is 6.07 Å². The van der Waals surface area contributed by atoms with Crippen molar-refractivity contribution < 1.29 is 9.84 Å². The van der Waals surface area contributed by atoms with Crippen molar-refractivity contribution in [2.75, 3.05) is 27.2 Å². The number of nitriles is 1. The number of likely N-dealkylation sites (N-methyl/N-ethyl adjacent to an activating group) is 1. The number of hydrogen-bond donors (Lipinski definition) is 1. The van der Waals surface area contributed by atoms with Crippen molar-refractivity contribution in [2.24, 2.45) is 0 Å². The van der Waals surface area contributed by atoms with Gasteiger partial charge in [-0.05, 0) is 49.5 Å². The lowest BCUT2D eigenvalue weighted by molar-refractivity contribution is 0.0831. The Labute approximate surface area is 131 Å². The lowest BCUT2D eigenvalue weighted by Gasteiger charge is -2.16. The second-order valence-corrected chi connectivity index (χ2v) is 5.44. The Morgan fingerprint density at radius 2 is 1.59 bits per heavy atom. The summed E-state index contributed by atoms with van der Waals surface area (Å²) in [4.78, 5) is 1.92. The summed E-state index contributed by atoms with van der Waals surface area (Å²) >= 11 is 0. The van der Waals surface area contributed by atoms with Crippen LogP contribution >= 0.6 is 0 Å². The van der Waals surface area contributed by atoms with E-state index in [1.54, 1.807) is 12.1 Å². The Morgan fingerprint density at radius 3 is 2.09 bits per heavy atom. The molecule has 1 N–H and O–H groups in total. The molecule has 0 heterocycles. The van der Waals surface area contributed by atoms with Crippen molar-refractivity contribution in [3.63, 3.8) is 0 Å². The Kier molecular flexibility index (Phi) is 5.54. The fraction of sp³-hybridized carbons (Fsp3) is 0.278. The molecule has 2 rings (SSSR count). The summed E-state index contributed by atoms with van der Waals surface area (Å²) in [5.41, 5.74) is 2.77. The molecule has 0 bridgehead atoms. The first-order valence-corrected chi connectivity index (χ1v) is 7.14. The largest absolute Gasteiger partial charge is 0.491 e. The first-order valence-electron chi connectivity index (χ1n) is 7.14. The van der Waals surface area contributed by atoms with E-state index in [4.69, 9.17) is 10.00 Å². The van der Waals surface area contributed by atoms with Crippen molar-refractivity contribution in [3.05, 3.63) is 54.1 Å². The average Bonchev–Trinajstić information content (AvgIpc) is 2.53. The smallest absolute Gasteiger partial charge is 0.119 e. The van der Waals surface area contributed by atoms with Crippen LogP contribution in [0, 0.1) is 11.3 Å². The monoisotopic (exact) mass is 296 g/mol. The van der Waals surface area contributed by atoms with Gasteiger partial charge in [0.25, 0.3) is 0 Å². The first kappa shape index (κ1) is 16.0. The van der Waals surface area contributed by atoms with Gasteiger partial charge in [0.05, 0.1) is 11.6 Å². The van der Waals surface area contributed by atoms with Gasteiger partial charge in [-0.15, -0.1) is 0 Å². The molecular formula is C18H20N2O2. The molecule has 2 aromatic rings. The number of benzene rings is 2. The number of rotatable bonds is 6. The third-order valence-corrected chi connectivity index (χ3v) is 3.22. The second-order valence-electron chi connectivity index (χ2n) is 5.44. The van der Waals surface area contributed by atoms with Gasteiger partial charge in [0, 0.05) is 6.54 Å². The standard InChI is InChI=1S/C18H20N2O2/c1-20(2)12-17(21)13-22-18-9-7-16(8-10-18)15-5-3-14(11-19)4-6-15/h3-10,17,21H,12-13H2,1-2H3/t17-/m0/s1. The fourth-order valence-electron chi connectivity index (χ4n) is 2.15. The van der Waals surface area contributed by atoms with Crippen LogP contribution in [-0.4, -0.2) is 43.4 Å². The van der Waals surface area contributed by atoms with E-state index in [-0.39, 0.29) is 6.61 Å². The normalized spacial score (nSPS) is 12.0. The minimum absolute atomic E-state index is 0.272. The Morgan fingerprint density at radius 1 is 1.05 bits per heavy atom. The van der Waals surface area contributed by atoms with Gasteiger partial charge in [0.15, 0.2) is 0 Å². The molecule has 0 radical (unpaired) electrons. The maximum absolute atomic E-state index is 9.77. The zero-order valence-electron chi connectivity index (χ0n) is 12.9. The van der Waals surface area contributed by atoms with Crippen molar-refractivity contribution in [2.45, 2.75) is 6.10 Å². The number of hydrogen-bond acceptors (Lipinski definition) is 4. The number of ether oxygens (including phenoxy) is 1. The summed E-state index contributed by atoms with van der Waals surface area (Å²) in [5, 5.41) is 18.6. The molecule has 114 valence electrons. The minimum atomic E-state index is -0.506. The van der Waals surface area contributed by atoms with Crippen molar-refractivity contribution >= 4 is 0 Å². The highest BCUT2D eigenvalue weighted by Gasteiger charge is 2.06. The Balaban J connectivity index is 1.96. The summed E-state index contributed by atoms with van der Waals surface area (Å²) in [5.74, 6) is 0.732. The van der Waals surface area contributed by atoms with Gasteiger partial charge in [0.1, 0.15) is 18.5 Å². The number of aliphatic hydroxyl groups excluding tert-OH is 1. The van der Waals surface area contributed by atoms with Crippen LogP contribution in [0.2, 0.25) is 0 Å². The van der Waals surface area contributed by atoms with Gasteiger partial charge < -0.3 is 14.7 Å². The van der Waals surface area contributed by atoms with E-state index in [1.807, 2.05) is 55.4 Å². The van der Waals surface area contributed by atoms with Crippen LogP contribution in [0.15, 0.2) is 48.5 Å². The van der Waals surface area contributed by atoms with Gasteiger partial charge in [-0.3, -0.25) is 0 Å². The molecule has 0 aliphatic carbocycles. The Bertz CT molecular complexity index is 628. The molecule has 0 unspecified atom stereocenters. The molecule has 2 aromatic carbocycles. The van der Waals surface area contributed by atoms with Gasteiger partial charge in [-0.2, -0.15) is 5.26 Å². The molecule has 0 amide bonds. The predicted molar refractivity (Wildman–Crippen MR) is 86.6 cm³/mol. The van der Waals surface area contributed by atoms with E-state index in [0.717, 1.165) is 16.9 Å². The molecule has 0 aromatic heterocycles. The molecule has 1 atom stereocenters. The summed E-state index contributed by atoms with van der Waals surface area (Å²) in [6.45, 7) is 0.845. The molecule has 0 fully saturated rings. The summed E-state index contributed by atoms with van der Waals surface area (Å²) in [6, 6.07) is 17.3. The second kappa shape index (κ2) is 7.60. The SMILES string of the molecule is CN(C)C[C@H](O)COc1ccc(-c2ccc(C#N)cc2)cc1. The molecule has 0 spiro atoms. The third kappa shape index (κ3) is 4.59. The summed E-state index contributed by atoms with van der Waals surface area (Å²) < 4.78 is 5.58. The highest BCUT2D eigenvalue weighted by atomic mass is 16.5. The highest BCUT2D eigenvalue weighted by Crippen LogP contribution is 2.22. The molecule has 4 heteroatoms. The van der Waals surface area contributed by atoms with Crippen molar-refractivity contribution in [1.82, 2.24) is 4.90 Å². The number of nitrogens with zero attached hydrogens (tertiary/aromatic N) is 2. The lowest BCUT2D eigenvalue weighted by atomic mass is 10.0. The quantitative estimate of drug-likeness (QED) is 0.890. The van der Waals surface area contributed by atoms with E-state index in [1.165, 1.54) is 0 Å². The average molecular weight is 296 g/mol. The van der Waals surface area contributed by atoms with Crippen LogP contribution < -0.4 is 4.74 Å². The van der Waals surface area contributed by atoms with E-state index >= 15 is 0 Å². The zero-order chi connectivity index (χ0) is 15.9. The molecule has 0 saturated heterocycles. The number of aliphatic hydroxyl groups is 1. The van der Waals surface area contributed by atoms with Crippen LogP contribution in [-0.2, 0) is 0 Å². The van der Waals surface area contributed by atoms with E-state index in [9.17, 15) is 5.11 Å². The maximum Gasteiger partial charge on any atom is 0.119 e. The van der Waals surface area contributed by atoms with Crippen LogP contribution in [0.4, 0.5) is 0 Å². The maximum atomic E-state index is 9.77. The van der Waals surface area contributed by atoms with Crippen LogP contribution in [0.5, 0.6) is 5.75 Å². The molecule has 0 aliphatic rings. The molecule has 4 nitrogen and oxygen atoms in total. The van der Waals surface area contributed by atoms with E-state index < -0.39 is 6.10 Å². The Hall–Kier alpha value is -2.35. The molecule has 22 heavy (non-hydrogen) atoms. The van der Waals surface area contributed by atoms with Gasteiger partial charge >= 0.3 is 0 Å². The van der Waals surface area contributed by atoms with Crippen LogP contribution in [0.1, 0.15) is 5.56 Å². The summed E-state index contributed by atoms with van der Waals surface area (Å²) in [6.07, 6.45) is -0.506. The van der Waals surface area contributed by atoms with Gasteiger partial charge in [0.2, 0.25) is 0 Å². The summed E-state index contributed by atoms with van der Waals surface area (Å²) in [7, 11) is 3.82. The lowest BCUT2D eigenvalue weighted by Crippen LogP contribution is -2.30. The highest BCUT2D eigenvalue weighted by molar-refractivity contribution is 5.64. The van der Waals surface area contributed by atoms with Crippen molar-refractivity contribution in [3.8, 4) is 22.9 Å². The molecular weight excluding hydrogens is 276 g/mol. The third-order valence-electron chi connectivity index (χ3n) is 3.22. The minimum Gasteiger partial charge on any atom is -0.491 e. The first-order chi connectivity index (χ1) is 10.6.